The van der Waals surface area contributed by atoms with Crippen molar-refractivity contribution < 1.29 is 33.0 Å². The number of aryl methyl sites for hydroxylation is 1. The molecule has 0 aliphatic heterocycles. The van der Waals surface area contributed by atoms with Crippen LogP contribution >= 0.6 is 7.60 Å². The Hall–Kier alpha value is -4.96. The second-order valence-electron chi connectivity index (χ2n) is 9.50. The van der Waals surface area contributed by atoms with E-state index < -0.39 is 7.60 Å². The summed E-state index contributed by atoms with van der Waals surface area (Å²) in [4.78, 5) is 36.1. The number of oxazole rings is 1. The third-order valence-electron chi connectivity index (χ3n) is 6.34. The highest BCUT2D eigenvalue weighted by Crippen LogP contribution is 2.37. The summed E-state index contributed by atoms with van der Waals surface area (Å²) in [7, 11) is -2.91. The van der Waals surface area contributed by atoms with Crippen LogP contribution in [0.15, 0.2) is 95.3 Å². The van der Waals surface area contributed by atoms with Gasteiger partial charge in [-0.25, -0.2) is 9.67 Å². The molecule has 220 valence electrons. The number of aromatic nitrogens is 3. The minimum Gasteiger partial charge on any atom is -0.493 e. The maximum absolute atomic E-state index is 13.0. The van der Waals surface area contributed by atoms with Crippen molar-refractivity contribution in [1.82, 2.24) is 14.8 Å². The molecule has 43 heavy (non-hydrogen) atoms. The fourth-order valence-electron chi connectivity index (χ4n) is 4.21. The van der Waals surface area contributed by atoms with E-state index in [2.05, 4.69) is 15.4 Å². The van der Waals surface area contributed by atoms with E-state index in [0.29, 0.717) is 45.7 Å². The minimum absolute atomic E-state index is 0.0146. The summed E-state index contributed by atoms with van der Waals surface area (Å²) in [5, 5.41) is 7.15. The second kappa shape index (κ2) is 12.9. The van der Waals surface area contributed by atoms with Crippen molar-refractivity contribution in [3.05, 3.63) is 113 Å². The van der Waals surface area contributed by atoms with E-state index in [1.165, 1.54) is 17.9 Å². The summed E-state index contributed by atoms with van der Waals surface area (Å²) in [6.45, 7) is 1.99. The van der Waals surface area contributed by atoms with Crippen molar-refractivity contribution in [2.45, 2.75) is 20.0 Å². The van der Waals surface area contributed by atoms with E-state index in [1.54, 1.807) is 24.4 Å². The Morgan fingerprint density at radius 1 is 1.05 bits per heavy atom. The topological polar surface area (TPSA) is 149 Å². The maximum Gasteiger partial charge on any atom is 0.349 e. The Morgan fingerprint density at radius 3 is 2.47 bits per heavy atom. The monoisotopic (exact) mass is 600 g/mol. The zero-order valence-corrected chi connectivity index (χ0v) is 24.3. The van der Waals surface area contributed by atoms with Crippen LogP contribution < -0.4 is 14.8 Å². The first kappa shape index (κ1) is 29.5. The van der Waals surface area contributed by atoms with Crippen LogP contribution in [0.1, 0.15) is 22.6 Å². The number of rotatable bonds is 11. The number of methoxy groups -OCH3 is 1. The molecule has 5 aromatic rings. The number of nitrogens with zero attached hydrogens (tertiary/aromatic N) is 3. The second-order valence-corrected chi connectivity index (χ2v) is 11.0. The highest BCUT2D eigenvalue weighted by atomic mass is 31.2. The summed E-state index contributed by atoms with van der Waals surface area (Å²) in [6, 6.07) is 23.9. The highest BCUT2D eigenvalue weighted by molar-refractivity contribution is 7.55. The van der Waals surface area contributed by atoms with Crippen LogP contribution in [0.25, 0.3) is 23.2 Å². The van der Waals surface area contributed by atoms with Crippen LogP contribution in [0.5, 0.6) is 11.5 Å². The summed E-state index contributed by atoms with van der Waals surface area (Å²) < 4.78 is 30.2. The van der Waals surface area contributed by atoms with Crippen molar-refractivity contribution in [3.63, 3.8) is 0 Å². The van der Waals surface area contributed by atoms with E-state index in [9.17, 15) is 19.1 Å². The molecule has 2 aromatic heterocycles. The van der Waals surface area contributed by atoms with E-state index in [0.717, 1.165) is 11.4 Å². The first-order chi connectivity index (χ1) is 20.7. The highest BCUT2D eigenvalue weighted by Gasteiger charge is 2.17. The van der Waals surface area contributed by atoms with Crippen molar-refractivity contribution in [2.24, 2.45) is 0 Å². The number of hydrogen-bond donors (Lipinski definition) is 3. The van der Waals surface area contributed by atoms with Gasteiger partial charge >= 0.3 is 7.60 Å². The number of nitrogens with one attached hydrogen (secondary N) is 1. The molecular formula is C31H29N4O7P. The Morgan fingerprint density at radius 2 is 1.77 bits per heavy atom. The Kier molecular flexibility index (Phi) is 8.87. The number of hydrogen-bond acceptors (Lipinski definition) is 7. The summed E-state index contributed by atoms with van der Waals surface area (Å²) >= 11 is 0. The van der Waals surface area contributed by atoms with Gasteiger partial charge < -0.3 is 29.0 Å². The SMILES string of the molecule is COc1cc(CC(=O)Nc2nn(-c3ccccc3)cc2C=CP(=O)(O)O)ccc1OCc1nc(-c2ccccc2)oc1C. The number of anilines is 1. The van der Waals surface area contributed by atoms with E-state index in [1.807, 2.05) is 67.6 Å². The third-order valence-corrected chi connectivity index (χ3v) is 6.88. The summed E-state index contributed by atoms with van der Waals surface area (Å²) in [5.41, 5.74) is 3.23. The normalized spacial score (nSPS) is 11.5. The number of amides is 1. The molecule has 11 nitrogen and oxygen atoms in total. The van der Waals surface area contributed by atoms with Gasteiger partial charge in [0.15, 0.2) is 17.3 Å². The van der Waals surface area contributed by atoms with Crippen molar-refractivity contribution in [3.8, 4) is 28.6 Å². The largest absolute Gasteiger partial charge is 0.493 e. The van der Waals surface area contributed by atoms with E-state index >= 15 is 0 Å². The molecule has 1 amide bonds. The van der Waals surface area contributed by atoms with Crippen LogP contribution in [0.3, 0.4) is 0 Å². The lowest BCUT2D eigenvalue weighted by atomic mass is 10.1. The lowest BCUT2D eigenvalue weighted by Crippen LogP contribution is -2.15. The maximum atomic E-state index is 13.0. The molecule has 0 unspecified atom stereocenters. The lowest BCUT2D eigenvalue weighted by Gasteiger charge is -2.12. The Labute approximate surface area is 247 Å². The Balaban J connectivity index is 1.28. The van der Waals surface area contributed by atoms with Gasteiger partial charge in [0.05, 0.1) is 19.2 Å². The van der Waals surface area contributed by atoms with Crippen LogP contribution in [0.4, 0.5) is 5.82 Å². The molecule has 0 atom stereocenters. The van der Waals surface area contributed by atoms with Gasteiger partial charge in [-0.05, 0) is 55.0 Å². The molecule has 2 heterocycles. The molecule has 0 aliphatic carbocycles. The van der Waals surface area contributed by atoms with Crippen LogP contribution in [-0.4, -0.2) is 37.6 Å². The van der Waals surface area contributed by atoms with Crippen molar-refractivity contribution in [1.29, 1.82) is 0 Å². The predicted octanol–water partition coefficient (Wildman–Crippen LogP) is 5.75. The lowest BCUT2D eigenvalue weighted by molar-refractivity contribution is -0.115. The number of ether oxygens (including phenoxy) is 2. The van der Waals surface area contributed by atoms with Crippen LogP contribution in [-0.2, 0) is 22.4 Å². The summed E-state index contributed by atoms with van der Waals surface area (Å²) in [5.74, 6) is 2.61. The predicted molar refractivity (Wildman–Crippen MR) is 161 cm³/mol. The van der Waals surface area contributed by atoms with Gasteiger partial charge in [-0.3, -0.25) is 9.36 Å². The third kappa shape index (κ3) is 7.66. The van der Waals surface area contributed by atoms with E-state index in [4.69, 9.17) is 13.9 Å². The number of carbonyl (C=O) groups is 1. The molecule has 0 aliphatic rings. The van der Waals surface area contributed by atoms with E-state index in [-0.39, 0.29) is 24.8 Å². The molecule has 5 rings (SSSR count). The first-order valence-corrected chi connectivity index (χ1v) is 14.9. The molecule has 0 bridgehead atoms. The molecule has 3 aromatic carbocycles. The van der Waals surface area contributed by atoms with Gasteiger partial charge in [-0.1, -0.05) is 42.5 Å². The smallest absolute Gasteiger partial charge is 0.349 e. The summed E-state index contributed by atoms with van der Waals surface area (Å²) in [6.07, 6.45) is 2.79. The molecule has 3 N–H and O–H groups in total. The number of carbonyl (C=O) groups excluding carboxylic acids is 1. The zero-order valence-electron chi connectivity index (χ0n) is 23.4. The molecule has 0 radical (unpaired) electrons. The number of para-hydroxylation sites is 1. The van der Waals surface area contributed by atoms with Gasteiger partial charge in [0.1, 0.15) is 18.1 Å². The molecular weight excluding hydrogens is 571 g/mol. The fraction of sp³-hybridized carbons (Fsp3) is 0.129. The van der Waals surface area contributed by atoms with Gasteiger partial charge in [-0.15, -0.1) is 5.10 Å². The molecule has 12 heteroatoms. The van der Waals surface area contributed by atoms with Crippen molar-refractivity contribution >= 4 is 25.4 Å². The molecule has 0 spiro atoms. The molecule has 0 saturated carbocycles. The standard InChI is InChI=1S/C31H29N4O7P/c1-21-26(32-31(42-21)23-9-5-3-6-10-23)20-41-27-14-13-22(17-28(27)40-2)18-29(36)33-30-24(15-16-43(37,38)39)19-35(34-30)25-11-7-4-8-12-25/h3-17,19H,18,20H2,1-2H3,(H,33,34,36)(H2,37,38,39). The van der Waals surface area contributed by atoms with Gasteiger partial charge in [0.25, 0.3) is 0 Å². The average molecular weight is 601 g/mol. The van der Waals surface area contributed by atoms with Crippen LogP contribution in [0, 0.1) is 6.92 Å². The van der Waals surface area contributed by atoms with Gasteiger partial charge in [0.2, 0.25) is 11.8 Å². The molecule has 0 saturated heterocycles. The number of benzene rings is 3. The Bertz CT molecular complexity index is 1790. The van der Waals surface area contributed by atoms with Crippen molar-refractivity contribution in [2.75, 3.05) is 12.4 Å². The van der Waals surface area contributed by atoms with Gasteiger partial charge in [-0.2, -0.15) is 0 Å². The zero-order chi connectivity index (χ0) is 30.4. The quantitative estimate of drug-likeness (QED) is 0.161. The fourth-order valence-corrected chi connectivity index (χ4v) is 4.57. The molecule has 0 fully saturated rings. The minimum atomic E-state index is -4.42. The first-order valence-electron chi connectivity index (χ1n) is 13.2. The average Bonchev–Trinajstić information content (AvgIpc) is 3.58. The van der Waals surface area contributed by atoms with Gasteiger partial charge in [0, 0.05) is 23.1 Å². The van der Waals surface area contributed by atoms with Crippen LogP contribution in [0.2, 0.25) is 0 Å².